The average molecular weight is 417 g/mol. The molecule has 3 aromatic heterocycles. The molecular weight excluding hydrogens is 388 g/mol. The van der Waals surface area contributed by atoms with Crippen molar-refractivity contribution >= 4 is 35.2 Å². The average Bonchev–Trinajstić information content (AvgIpc) is 3.23. The molecule has 150 valence electrons. The van der Waals surface area contributed by atoms with E-state index in [0.717, 1.165) is 59.6 Å². The van der Waals surface area contributed by atoms with Crippen LogP contribution in [0.1, 0.15) is 41.5 Å². The minimum Gasteiger partial charge on any atom is -0.493 e. The van der Waals surface area contributed by atoms with Crippen LogP contribution < -0.4 is 4.74 Å². The summed E-state index contributed by atoms with van der Waals surface area (Å²) in [5.41, 5.74) is 4.00. The lowest BCUT2D eigenvalue weighted by Crippen LogP contribution is -2.26. The Morgan fingerprint density at radius 1 is 1.14 bits per heavy atom. The van der Waals surface area contributed by atoms with Gasteiger partial charge in [0.25, 0.3) is 0 Å². The Bertz CT molecular complexity index is 938. The Morgan fingerprint density at radius 3 is 2.64 bits per heavy atom. The molecule has 0 N–H and O–H groups in total. The number of likely N-dealkylation sites (tertiary alicyclic amines) is 1. The lowest BCUT2D eigenvalue weighted by molar-refractivity contribution is 0.215. The summed E-state index contributed by atoms with van der Waals surface area (Å²) in [6.45, 7) is 11.2. The van der Waals surface area contributed by atoms with E-state index >= 15 is 0 Å². The molecule has 0 aliphatic carbocycles. The summed E-state index contributed by atoms with van der Waals surface area (Å²) >= 11 is 1.70. The molecule has 1 aliphatic rings. The van der Waals surface area contributed by atoms with Gasteiger partial charge in [-0.25, -0.2) is 9.97 Å². The fraction of sp³-hybridized carbons (Fsp3) is 0.476. The van der Waals surface area contributed by atoms with Gasteiger partial charge in [-0.3, -0.25) is 9.88 Å². The molecule has 0 amide bonds. The monoisotopic (exact) mass is 416 g/mol. The van der Waals surface area contributed by atoms with Crippen LogP contribution in [0.15, 0.2) is 24.3 Å². The zero-order chi connectivity index (χ0) is 19.0. The number of aromatic nitrogens is 3. The van der Waals surface area contributed by atoms with Crippen molar-refractivity contribution in [2.24, 2.45) is 5.92 Å². The molecule has 4 rings (SSSR count). The second-order valence-electron chi connectivity index (χ2n) is 7.51. The van der Waals surface area contributed by atoms with Crippen molar-refractivity contribution in [3.63, 3.8) is 0 Å². The van der Waals surface area contributed by atoms with E-state index in [1.165, 1.54) is 4.70 Å². The second-order valence-corrected chi connectivity index (χ2v) is 8.75. The van der Waals surface area contributed by atoms with Crippen LogP contribution in [0.3, 0.4) is 0 Å². The maximum absolute atomic E-state index is 6.05. The van der Waals surface area contributed by atoms with Gasteiger partial charge in [-0.1, -0.05) is 0 Å². The predicted octanol–water partition coefficient (Wildman–Crippen LogP) is 4.59. The number of fused-ring (bicyclic) bond motifs is 1. The highest BCUT2D eigenvalue weighted by molar-refractivity contribution is 7.59. The first-order chi connectivity index (χ1) is 13.0. The smallest absolute Gasteiger partial charge is 0.170 e. The summed E-state index contributed by atoms with van der Waals surface area (Å²) in [4.78, 5) is 16.2. The SMILES string of the molecule is Cc1cc(OC[C@H]2CCN(C(C)c3ccc4sc(C)nc4n3)C2)cc(C)n1.S. The van der Waals surface area contributed by atoms with Gasteiger partial charge in [0.2, 0.25) is 0 Å². The molecule has 5 nitrogen and oxygen atoms in total. The van der Waals surface area contributed by atoms with E-state index in [0.29, 0.717) is 12.0 Å². The highest BCUT2D eigenvalue weighted by Gasteiger charge is 2.28. The summed E-state index contributed by atoms with van der Waals surface area (Å²) in [5, 5.41) is 1.07. The third-order valence-electron chi connectivity index (χ3n) is 5.22. The van der Waals surface area contributed by atoms with Crippen LogP contribution in [0.4, 0.5) is 0 Å². The topological polar surface area (TPSA) is 51.1 Å². The Morgan fingerprint density at radius 2 is 1.89 bits per heavy atom. The molecular formula is C21H28N4OS2. The maximum atomic E-state index is 6.05. The van der Waals surface area contributed by atoms with Gasteiger partial charge in [0.05, 0.1) is 22.0 Å². The van der Waals surface area contributed by atoms with Gasteiger partial charge in [-0.05, 0) is 52.8 Å². The molecule has 0 aromatic carbocycles. The number of ether oxygens (including phenoxy) is 1. The van der Waals surface area contributed by atoms with Crippen LogP contribution in [0.25, 0.3) is 10.3 Å². The van der Waals surface area contributed by atoms with Crippen LogP contribution in [0, 0.1) is 26.7 Å². The molecule has 2 atom stereocenters. The molecule has 1 fully saturated rings. The van der Waals surface area contributed by atoms with E-state index in [1.54, 1.807) is 11.3 Å². The molecule has 0 bridgehead atoms. The van der Waals surface area contributed by atoms with Crippen LogP contribution in [0.2, 0.25) is 0 Å². The molecule has 0 saturated carbocycles. The molecule has 28 heavy (non-hydrogen) atoms. The zero-order valence-corrected chi connectivity index (χ0v) is 18.7. The minimum atomic E-state index is 0. The second kappa shape index (κ2) is 8.76. The van der Waals surface area contributed by atoms with Crippen LogP contribution in [-0.4, -0.2) is 39.5 Å². The predicted molar refractivity (Wildman–Crippen MR) is 120 cm³/mol. The third kappa shape index (κ3) is 4.64. The Balaban J connectivity index is 0.00000225. The Hall–Kier alpha value is -1.70. The van der Waals surface area contributed by atoms with Crippen molar-refractivity contribution in [2.75, 3.05) is 19.7 Å². The lowest BCUT2D eigenvalue weighted by atomic mass is 10.1. The van der Waals surface area contributed by atoms with Crippen LogP contribution in [-0.2, 0) is 0 Å². The van der Waals surface area contributed by atoms with Gasteiger partial charge in [-0.2, -0.15) is 13.5 Å². The van der Waals surface area contributed by atoms with Crippen LogP contribution >= 0.6 is 24.8 Å². The van der Waals surface area contributed by atoms with E-state index in [1.807, 2.05) is 32.9 Å². The van der Waals surface area contributed by atoms with Gasteiger partial charge < -0.3 is 4.74 Å². The quantitative estimate of drug-likeness (QED) is 0.609. The number of hydrogen-bond donors (Lipinski definition) is 0. The molecule has 0 spiro atoms. The first-order valence-electron chi connectivity index (χ1n) is 9.54. The number of nitrogens with zero attached hydrogens (tertiary/aromatic N) is 4. The van der Waals surface area contributed by atoms with E-state index in [2.05, 4.69) is 33.9 Å². The first kappa shape index (κ1) is 21.0. The Kier molecular flexibility index (Phi) is 6.58. The van der Waals surface area contributed by atoms with E-state index < -0.39 is 0 Å². The van der Waals surface area contributed by atoms with E-state index in [9.17, 15) is 0 Å². The van der Waals surface area contributed by atoms with Crippen molar-refractivity contribution in [1.29, 1.82) is 0 Å². The fourth-order valence-corrected chi connectivity index (χ4v) is 4.57. The molecule has 1 unspecified atom stereocenters. The van der Waals surface area contributed by atoms with Crippen molar-refractivity contribution in [3.8, 4) is 5.75 Å². The number of thiazole rings is 1. The number of pyridine rings is 2. The molecule has 7 heteroatoms. The van der Waals surface area contributed by atoms with Crippen LogP contribution in [0.5, 0.6) is 5.75 Å². The number of aryl methyl sites for hydroxylation is 3. The van der Waals surface area contributed by atoms with Gasteiger partial charge in [0.15, 0.2) is 5.65 Å². The molecule has 0 radical (unpaired) electrons. The van der Waals surface area contributed by atoms with Crippen molar-refractivity contribution in [1.82, 2.24) is 19.9 Å². The fourth-order valence-electron chi connectivity index (χ4n) is 3.80. The minimum absolute atomic E-state index is 0. The van der Waals surface area contributed by atoms with Crippen molar-refractivity contribution in [3.05, 3.63) is 46.4 Å². The largest absolute Gasteiger partial charge is 0.493 e. The first-order valence-corrected chi connectivity index (χ1v) is 10.4. The van der Waals surface area contributed by atoms with Crippen molar-refractivity contribution < 1.29 is 4.74 Å². The third-order valence-corrected chi connectivity index (χ3v) is 6.14. The summed E-state index contributed by atoms with van der Waals surface area (Å²) in [5.74, 6) is 1.48. The number of hydrogen-bond acceptors (Lipinski definition) is 6. The van der Waals surface area contributed by atoms with E-state index in [-0.39, 0.29) is 13.5 Å². The van der Waals surface area contributed by atoms with Gasteiger partial charge in [-0.15, -0.1) is 11.3 Å². The zero-order valence-electron chi connectivity index (χ0n) is 16.9. The summed E-state index contributed by atoms with van der Waals surface area (Å²) in [6.07, 6.45) is 1.16. The molecule has 1 aliphatic heterocycles. The van der Waals surface area contributed by atoms with Crippen molar-refractivity contribution in [2.45, 2.75) is 40.2 Å². The standard InChI is InChI=1S/C21H26N4OS.H2S/c1-13-9-18(10-14(2)22-13)26-12-17-7-8-25(11-17)15(3)19-5-6-20-21(24-19)23-16(4)27-20;/h5-6,9-10,15,17H,7-8,11-12H2,1-4H3;1H2/t15?,17-;/m0./s1. The lowest BCUT2D eigenvalue weighted by Gasteiger charge is -2.24. The van der Waals surface area contributed by atoms with Gasteiger partial charge in [0.1, 0.15) is 5.75 Å². The highest BCUT2D eigenvalue weighted by atomic mass is 32.1. The normalized spacial score (nSPS) is 18.2. The van der Waals surface area contributed by atoms with Gasteiger partial charge >= 0.3 is 0 Å². The summed E-state index contributed by atoms with van der Waals surface area (Å²) in [7, 11) is 0. The molecule has 3 aromatic rings. The maximum Gasteiger partial charge on any atom is 0.170 e. The Labute approximate surface area is 177 Å². The van der Waals surface area contributed by atoms with E-state index in [4.69, 9.17) is 9.72 Å². The van der Waals surface area contributed by atoms with Gasteiger partial charge in [0, 0.05) is 42.0 Å². The summed E-state index contributed by atoms with van der Waals surface area (Å²) < 4.78 is 7.22. The highest BCUT2D eigenvalue weighted by Crippen LogP contribution is 2.29. The molecule has 1 saturated heterocycles. The number of rotatable bonds is 5. The summed E-state index contributed by atoms with van der Waals surface area (Å²) in [6, 6.07) is 8.63. The molecule has 4 heterocycles.